The Kier molecular flexibility index (Phi) is 5.48. The highest BCUT2D eigenvalue weighted by atomic mass is 35.5. The number of hydrogen-bond donors (Lipinski definition) is 2. The average molecular weight is 326 g/mol. The van der Waals surface area contributed by atoms with E-state index in [0.29, 0.717) is 21.4 Å². The quantitative estimate of drug-likeness (QED) is 0.879. The minimum atomic E-state index is -0.791. The first-order valence-electron chi connectivity index (χ1n) is 6.54. The van der Waals surface area contributed by atoms with Gasteiger partial charge in [-0.05, 0) is 35.9 Å². The highest BCUT2D eigenvalue weighted by Crippen LogP contribution is 2.37. The van der Waals surface area contributed by atoms with Crippen molar-refractivity contribution in [2.75, 3.05) is 13.7 Å². The SMILES string of the molecule is COc1ccc(Cl)cc1C(CN)C(O)c1cccc(Cl)c1. The number of hydrogen-bond acceptors (Lipinski definition) is 3. The zero-order valence-corrected chi connectivity index (χ0v) is 13.1. The van der Waals surface area contributed by atoms with Crippen molar-refractivity contribution in [3.8, 4) is 5.75 Å². The Labute approximate surface area is 134 Å². The molecule has 2 atom stereocenters. The number of benzene rings is 2. The Bertz CT molecular complexity index is 619. The van der Waals surface area contributed by atoms with Crippen LogP contribution in [0.2, 0.25) is 10.0 Å². The van der Waals surface area contributed by atoms with Crippen molar-refractivity contribution in [1.82, 2.24) is 0 Å². The molecular formula is C16H17Cl2NO2. The van der Waals surface area contributed by atoms with Gasteiger partial charge in [-0.1, -0.05) is 35.3 Å². The van der Waals surface area contributed by atoms with Gasteiger partial charge in [0.05, 0.1) is 13.2 Å². The zero-order valence-electron chi connectivity index (χ0n) is 11.6. The minimum Gasteiger partial charge on any atom is -0.496 e. The van der Waals surface area contributed by atoms with Gasteiger partial charge in [0.25, 0.3) is 0 Å². The van der Waals surface area contributed by atoms with Crippen LogP contribution in [0.15, 0.2) is 42.5 Å². The monoisotopic (exact) mass is 325 g/mol. The Morgan fingerprint density at radius 3 is 2.48 bits per heavy atom. The topological polar surface area (TPSA) is 55.5 Å². The number of rotatable bonds is 5. The summed E-state index contributed by atoms with van der Waals surface area (Å²) in [6.07, 6.45) is -0.791. The van der Waals surface area contributed by atoms with E-state index in [2.05, 4.69) is 0 Å². The summed E-state index contributed by atoms with van der Waals surface area (Å²) in [5, 5.41) is 11.8. The number of halogens is 2. The lowest BCUT2D eigenvalue weighted by molar-refractivity contribution is 0.146. The highest BCUT2D eigenvalue weighted by Gasteiger charge is 2.25. The van der Waals surface area contributed by atoms with Crippen LogP contribution in [-0.4, -0.2) is 18.8 Å². The van der Waals surface area contributed by atoms with Crippen molar-refractivity contribution < 1.29 is 9.84 Å². The van der Waals surface area contributed by atoms with Gasteiger partial charge in [0.2, 0.25) is 0 Å². The van der Waals surface area contributed by atoms with E-state index in [1.54, 1.807) is 43.5 Å². The molecule has 0 spiro atoms. The molecular weight excluding hydrogens is 309 g/mol. The smallest absolute Gasteiger partial charge is 0.122 e. The van der Waals surface area contributed by atoms with Gasteiger partial charge in [0.15, 0.2) is 0 Å². The summed E-state index contributed by atoms with van der Waals surface area (Å²) < 4.78 is 5.34. The fraction of sp³-hybridized carbons (Fsp3) is 0.250. The molecule has 0 heterocycles. The Morgan fingerprint density at radius 1 is 1.14 bits per heavy atom. The first kappa shape index (κ1) is 16.1. The normalized spacial score (nSPS) is 13.8. The van der Waals surface area contributed by atoms with Gasteiger partial charge in [-0.3, -0.25) is 0 Å². The molecule has 0 bridgehead atoms. The van der Waals surface area contributed by atoms with Crippen LogP contribution >= 0.6 is 23.2 Å². The molecule has 3 N–H and O–H groups in total. The maximum atomic E-state index is 10.6. The van der Waals surface area contributed by atoms with E-state index in [0.717, 1.165) is 5.56 Å². The van der Waals surface area contributed by atoms with Crippen molar-refractivity contribution >= 4 is 23.2 Å². The van der Waals surface area contributed by atoms with E-state index in [9.17, 15) is 5.11 Å². The molecule has 21 heavy (non-hydrogen) atoms. The van der Waals surface area contributed by atoms with E-state index in [1.807, 2.05) is 6.07 Å². The third-order valence-electron chi connectivity index (χ3n) is 3.42. The predicted octanol–water partition coefficient (Wildman–Crippen LogP) is 3.78. The fourth-order valence-corrected chi connectivity index (χ4v) is 2.72. The third-order valence-corrected chi connectivity index (χ3v) is 3.89. The van der Waals surface area contributed by atoms with Gasteiger partial charge >= 0.3 is 0 Å². The Morgan fingerprint density at radius 2 is 1.86 bits per heavy atom. The lowest BCUT2D eigenvalue weighted by Gasteiger charge is -2.24. The van der Waals surface area contributed by atoms with Gasteiger partial charge in [0, 0.05) is 28.1 Å². The van der Waals surface area contributed by atoms with E-state index >= 15 is 0 Å². The van der Waals surface area contributed by atoms with Crippen LogP contribution < -0.4 is 10.5 Å². The van der Waals surface area contributed by atoms with Crippen LogP contribution in [0.5, 0.6) is 5.75 Å². The van der Waals surface area contributed by atoms with E-state index in [-0.39, 0.29) is 12.5 Å². The van der Waals surface area contributed by atoms with Crippen molar-refractivity contribution in [3.05, 3.63) is 63.6 Å². The second kappa shape index (κ2) is 7.14. The number of nitrogens with two attached hydrogens (primary N) is 1. The van der Waals surface area contributed by atoms with Crippen LogP contribution in [0.25, 0.3) is 0 Å². The second-order valence-electron chi connectivity index (χ2n) is 4.73. The van der Waals surface area contributed by atoms with Crippen LogP contribution in [0.1, 0.15) is 23.1 Å². The number of methoxy groups -OCH3 is 1. The first-order chi connectivity index (χ1) is 10.1. The van der Waals surface area contributed by atoms with E-state index in [4.69, 9.17) is 33.7 Å². The van der Waals surface area contributed by atoms with Crippen molar-refractivity contribution in [2.45, 2.75) is 12.0 Å². The van der Waals surface area contributed by atoms with Crippen molar-refractivity contribution in [1.29, 1.82) is 0 Å². The van der Waals surface area contributed by atoms with Gasteiger partial charge in [-0.2, -0.15) is 0 Å². The predicted molar refractivity (Wildman–Crippen MR) is 86.2 cm³/mol. The Balaban J connectivity index is 2.41. The van der Waals surface area contributed by atoms with Gasteiger partial charge in [-0.15, -0.1) is 0 Å². The van der Waals surface area contributed by atoms with Gasteiger partial charge in [0.1, 0.15) is 5.75 Å². The molecule has 0 saturated carbocycles. The first-order valence-corrected chi connectivity index (χ1v) is 7.29. The van der Waals surface area contributed by atoms with Crippen LogP contribution in [0.3, 0.4) is 0 Å². The largest absolute Gasteiger partial charge is 0.496 e. The summed E-state index contributed by atoms with van der Waals surface area (Å²) >= 11 is 12.0. The number of aliphatic hydroxyl groups is 1. The summed E-state index contributed by atoms with van der Waals surface area (Å²) in [6, 6.07) is 12.4. The van der Waals surface area contributed by atoms with Gasteiger partial charge in [-0.25, -0.2) is 0 Å². The highest BCUT2D eigenvalue weighted by molar-refractivity contribution is 6.31. The molecule has 0 fully saturated rings. The summed E-state index contributed by atoms with van der Waals surface area (Å²) in [5.74, 6) is 0.313. The van der Waals surface area contributed by atoms with Crippen LogP contribution in [0.4, 0.5) is 0 Å². The molecule has 0 aliphatic heterocycles. The zero-order chi connectivity index (χ0) is 15.4. The van der Waals surface area contributed by atoms with Gasteiger partial charge < -0.3 is 15.6 Å². The molecule has 0 radical (unpaired) electrons. The third kappa shape index (κ3) is 3.69. The van der Waals surface area contributed by atoms with E-state index in [1.165, 1.54) is 0 Å². The summed E-state index contributed by atoms with van der Waals surface area (Å²) in [6.45, 7) is 0.254. The molecule has 2 rings (SSSR count). The fourth-order valence-electron chi connectivity index (χ4n) is 2.34. The molecule has 3 nitrogen and oxygen atoms in total. The summed E-state index contributed by atoms with van der Waals surface area (Å²) in [7, 11) is 1.58. The van der Waals surface area contributed by atoms with Crippen molar-refractivity contribution in [2.24, 2.45) is 5.73 Å². The standard InChI is InChI=1S/C16H17Cl2NO2/c1-21-15-6-5-12(18)8-13(15)14(9-19)16(20)10-3-2-4-11(17)7-10/h2-8,14,16,20H,9,19H2,1H3. The van der Waals surface area contributed by atoms with E-state index < -0.39 is 6.10 Å². The number of ether oxygens (including phenoxy) is 1. The molecule has 0 amide bonds. The molecule has 2 unspecified atom stereocenters. The molecule has 2 aromatic carbocycles. The van der Waals surface area contributed by atoms with Crippen molar-refractivity contribution in [3.63, 3.8) is 0 Å². The minimum absolute atomic E-state index is 0.254. The van der Waals surface area contributed by atoms with Crippen LogP contribution in [0, 0.1) is 0 Å². The maximum Gasteiger partial charge on any atom is 0.122 e. The molecule has 0 aromatic heterocycles. The molecule has 0 saturated heterocycles. The number of aliphatic hydroxyl groups excluding tert-OH is 1. The van der Waals surface area contributed by atoms with Crippen LogP contribution in [-0.2, 0) is 0 Å². The maximum absolute atomic E-state index is 10.6. The lowest BCUT2D eigenvalue weighted by atomic mass is 9.88. The molecule has 112 valence electrons. The summed E-state index contributed by atoms with van der Waals surface area (Å²) in [4.78, 5) is 0. The summed E-state index contributed by atoms with van der Waals surface area (Å²) in [5.41, 5.74) is 7.35. The second-order valence-corrected chi connectivity index (χ2v) is 5.60. The molecule has 0 aliphatic rings. The molecule has 2 aromatic rings. The Hall–Kier alpha value is -1.26. The average Bonchev–Trinajstić information content (AvgIpc) is 2.48. The lowest BCUT2D eigenvalue weighted by Crippen LogP contribution is -2.21. The molecule has 0 aliphatic carbocycles. The molecule has 5 heteroatoms.